The molecular weight excluding hydrogens is 209 g/mol. The number of aromatic nitrogens is 1. The van der Waals surface area contributed by atoms with Crippen LogP contribution >= 0.6 is 0 Å². The van der Waals surface area contributed by atoms with E-state index in [2.05, 4.69) is 10.3 Å². The van der Waals surface area contributed by atoms with Crippen LogP contribution in [0, 0.1) is 5.82 Å². The Morgan fingerprint density at radius 1 is 1.50 bits per heavy atom. The number of anilines is 2. The Balaban J connectivity index is 2.22. The van der Waals surface area contributed by atoms with Crippen molar-refractivity contribution in [1.29, 1.82) is 0 Å². The summed E-state index contributed by atoms with van der Waals surface area (Å²) in [6.07, 6.45) is 1.63. The number of nitrogens with zero attached hydrogens (tertiary/aromatic N) is 2. The highest BCUT2D eigenvalue weighted by Crippen LogP contribution is 2.23. The van der Waals surface area contributed by atoms with Gasteiger partial charge in [0.2, 0.25) is 0 Å². The lowest BCUT2D eigenvalue weighted by atomic mass is 10.3. The van der Waals surface area contributed by atoms with Gasteiger partial charge in [0, 0.05) is 25.8 Å². The van der Waals surface area contributed by atoms with Gasteiger partial charge in [-0.3, -0.25) is 0 Å². The molecule has 88 valence electrons. The smallest absolute Gasteiger partial charge is 0.188 e. The predicted octanol–water partition coefficient (Wildman–Crippen LogP) is 1.49. The summed E-state index contributed by atoms with van der Waals surface area (Å²) < 4.78 is 19.3. The van der Waals surface area contributed by atoms with Crippen LogP contribution in [0.15, 0.2) is 12.3 Å². The van der Waals surface area contributed by atoms with Crippen LogP contribution in [-0.2, 0) is 4.74 Å². The number of hydrogen-bond acceptors (Lipinski definition) is 4. The summed E-state index contributed by atoms with van der Waals surface area (Å²) in [5.41, 5.74) is 0.513. The highest BCUT2D eigenvalue weighted by atomic mass is 19.1. The Labute approximate surface area is 94.4 Å². The molecule has 1 saturated heterocycles. The quantitative estimate of drug-likeness (QED) is 0.845. The molecule has 0 aliphatic carbocycles. The second-order valence-corrected chi connectivity index (χ2v) is 3.63. The Bertz CT molecular complexity index is 353. The van der Waals surface area contributed by atoms with Crippen LogP contribution in [0.4, 0.5) is 15.9 Å². The van der Waals surface area contributed by atoms with Crippen LogP contribution < -0.4 is 10.2 Å². The molecule has 0 radical (unpaired) electrons. The Morgan fingerprint density at radius 2 is 2.25 bits per heavy atom. The molecule has 0 spiro atoms. The highest BCUT2D eigenvalue weighted by Gasteiger charge is 2.18. The topological polar surface area (TPSA) is 37.4 Å². The fourth-order valence-corrected chi connectivity index (χ4v) is 1.76. The van der Waals surface area contributed by atoms with Crippen molar-refractivity contribution in [3.63, 3.8) is 0 Å². The number of ether oxygens (including phenoxy) is 1. The van der Waals surface area contributed by atoms with E-state index in [0.717, 1.165) is 0 Å². The zero-order chi connectivity index (χ0) is 11.4. The summed E-state index contributed by atoms with van der Waals surface area (Å²) in [5.74, 6) is 0.146. The molecule has 0 bridgehead atoms. The fraction of sp³-hybridized carbons (Fsp3) is 0.545. The number of hydrogen-bond donors (Lipinski definition) is 1. The molecule has 0 saturated carbocycles. The van der Waals surface area contributed by atoms with Gasteiger partial charge in [0.15, 0.2) is 11.6 Å². The average Bonchev–Trinajstić information content (AvgIpc) is 2.33. The van der Waals surface area contributed by atoms with Crippen LogP contribution in [0.2, 0.25) is 0 Å². The molecule has 1 aromatic rings. The molecule has 1 aliphatic rings. The van der Waals surface area contributed by atoms with Gasteiger partial charge in [-0.25, -0.2) is 9.37 Å². The Morgan fingerprint density at radius 3 is 2.94 bits per heavy atom. The summed E-state index contributed by atoms with van der Waals surface area (Å²) >= 11 is 0. The normalized spacial score (nSPS) is 16.2. The minimum Gasteiger partial charge on any atom is -0.383 e. The van der Waals surface area contributed by atoms with E-state index in [-0.39, 0.29) is 5.82 Å². The number of rotatable bonds is 3. The lowest BCUT2D eigenvalue weighted by Gasteiger charge is -2.28. The molecular formula is C11H16FN3O. The van der Waals surface area contributed by atoms with Crippen LogP contribution in [0.3, 0.4) is 0 Å². The minimum atomic E-state index is -0.272. The van der Waals surface area contributed by atoms with E-state index in [1.54, 1.807) is 12.3 Å². The second kappa shape index (κ2) is 5.12. The average molecular weight is 225 g/mol. The summed E-state index contributed by atoms with van der Waals surface area (Å²) in [6.45, 7) is 5.29. The van der Waals surface area contributed by atoms with Crippen molar-refractivity contribution < 1.29 is 9.13 Å². The monoisotopic (exact) mass is 225 g/mol. The molecule has 1 aliphatic heterocycles. The highest BCUT2D eigenvalue weighted by molar-refractivity contribution is 5.55. The first-order valence-corrected chi connectivity index (χ1v) is 5.54. The van der Waals surface area contributed by atoms with Crippen molar-refractivity contribution in [3.8, 4) is 0 Å². The van der Waals surface area contributed by atoms with E-state index >= 15 is 0 Å². The van der Waals surface area contributed by atoms with Crippen molar-refractivity contribution in [2.24, 2.45) is 0 Å². The van der Waals surface area contributed by atoms with Gasteiger partial charge in [-0.1, -0.05) is 0 Å². The maximum atomic E-state index is 14.0. The lowest BCUT2D eigenvalue weighted by molar-refractivity contribution is 0.122. The van der Waals surface area contributed by atoms with E-state index in [1.165, 1.54) is 0 Å². The summed E-state index contributed by atoms with van der Waals surface area (Å²) in [6, 6.07) is 1.66. The van der Waals surface area contributed by atoms with Gasteiger partial charge in [0.05, 0.1) is 18.9 Å². The summed E-state index contributed by atoms with van der Waals surface area (Å²) in [4.78, 5) is 6.02. The molecule has 16 heavy (non-hydrogen) atoms. The van der Waals surface area contributed by atoms with Gasteiger partial charge in [0.1, 0.15) is 0 Å². The molecule has 0 unspecified atom stereocenters. The van der Waals surface area contributed by atoms with Crippen molar-refractivity contribution in [1.82, 2.24) is 4.98 Å². The van der Waals surface area contributed by atoms with Crippen LogP contribution in [0.5, 0.6) is 0 Å². The largest absolute Gasteiger partial charge is 0.383 e. The molecule has 1 N–H and O–H groups in total. The van der Waals surface area contributed by atoms with Crippen molar-refractivity contribution in [2.75, 3.05) is 43.1 Å². The molecule has 0 aromatic carbocycles. The Hall–Kier alpha value is -1.36. The van der Waals surface area contributed by atoms with Crippen molar-refractivity contribution in [3.05, 3.63) is 18.1 Å². The number of morpholine rings is 1. The third-order valence-electron chi connectivity index (χ3n) is 2.55. The van der Waals surface area contributed by atoms with Gasteiger partial charge in [-0.05, 0) is 13.0 Å². The molecule has 4 nitrogen and oxygen atoms in total. The van der Waals surface area contributed by atoms with Crippen LogP contribution in [0.1, 0.15) is 6.92 Å². The third kappa shape index (κ3) is 2.24. The first kappa shape index (κ1) is 11.1. The second-order valence-electron chi connectivity index (χ2n) is 3.63. The maximum Gasteiger partial charge on any atom is 0.188 e. The van der Waals surface area contributed by atoms with E-state index in [9.17, 15) is 4.39 Å². The first-order valence-electron chi connectivity index (χ1n) is 5.54. The van der Waals surface area contributed by atoms with E-state index in [0.29, 0.717) is 44.4 Å². The van der Waals surface area contributed by atoms with Crippen molar-refractivity contribution >= 4 is 11.5 Å². The summed E-state index contributed by atoms with van der Waals surface area (Å²) in [7, 11) is 0. The standard InChI is InChI=1S/C11H16FN3O/c1-2-13-9-3-4-14-11(10(9)12)15-5-7-16-8-6-15/h3-4H,2,5-8H2,1H3,(H,13,14). The summed E-state index contributed by atoms with van der Waals surface area (Å²) in [5, 5.41) is 2.98. The third-order valence-corrected chi connectivity index (χ3v) is 2.55. The van der Waals surface area contributed by atoms with Crippen LogP contribution in [-0.4, -0.2) is 37.8 Å². The first-order chi connectivity index (χ1) is 7.83. The molecule has 0 atom stereocenters. The molecule has 2 heterocycles. The molecule has 0 amide bonds. The number of nitrogens with one attached hydrogen (secondary N) is 1. The van der Waals surface area contributed by atoms with Gasteiger partial charge >= 0.3 is 0 Å². The fourth-order valence-electron chi connectivity index (χ4n) is 1.76. The zero-order valence-corrected chi connectivity index (χ0v) is 9.37. The van der Waals surface area contributed by atoms with Gasteiger partial charge in [-0.2, -0.15) is 0 Å². The van der Waals surface area contributed by atoms with E-state index in [4.69, 9.17) is 4.74 Å². The van der Waals surface area contributed by atoms with E-state index in [1.807, 2.05) is 11.8 Å². The molecule has 5 heteroatoms. The number of pyridine rings is 1. The maximum absolute atomic E-state index is 14.0. The SMILES string of the molecule is CCNc1ccnc(N2CCOCC2)c1F. The molecule has 2 rings (SSSR count). The van der Waals surface area contributed by atoms with E-state index < -0.39 is 0 Å². The van der Waals surface area contributed by atoms with Gasteiger partial charge < -0.3 is 15.0 Å². The minimum absolute atomic E-state index is 0.272. The van der Waals surface area contributed by atoms with Crippen LogP contribution in [0.25, 0.3) is 0 Å². The number of halogens is 1. The molecule has 1 fully saturated rings. The predicted molar refractivity (Wildman–Crippen MR) is 61.4 cm³/mol. The van der Waals surface area contributed by atoms with Gasteiger partial charge in [0.25, 0.3) is 0 Å². The Kier molecular flexibility index (Phi) is 3.56. The zero-order valence-electron chi connectivity index (χ0n) is 9.37. The lowest BCUT2D eigenvalue weighted by Crippen LogP contribution is -2.37. The van der Waals surface area contributed by atoms with Crippen molar-refractivity contribution in [2.45, 2.75) is 6.92 Å². The molecule has 1 aromatic heterocycles. The van der Waals surface area contributed by atoms with Gasteiger partial charge in [-0.15, -0.1) is 0 Å².